The Labute approximate surface area is 181 Å². The number of amides is 1. The molecule has 160 valence electrons. The Bertz CT molecular complexity index is 1060. The van der Waals surface area contributed by atoms with Crippen LogP contribution in [-0.4, -0.2) is 22.1 Å². The van der Waals surface area contributed by atoms with Crippen LogP contribution in [0, 0.1) is 13.8 Å². The Morgan fingerprint density at radius 2 is 1.65 bits per heavy atom. The molecule has 3 rings (SSSR count). The maximum absolute atomic E-state index is 12.6. The van der Waals surface area contributed by atoms with E-state index in [0.717, 1.165) is 29.1 Å². The molecule has 2 aromatic carbocycles. The molecule has 0 unspecified atom stereocenters. The summed E-state index contributed by atoms with van der Waals surface area (Å²) in [5.41, 5.74) is 5.32. The largest absolute Gasteiger partial charge is 0.416 e. The van der Waals surface area contributed by atoms with Crippen molar-refractivity contribution in [2.24, 2.45) is 5.10 Å². The molecule has 0 radical (unpaired) electrons. The van der Waals surface area contributed by atoms with Gasteiger partial charge < -0.3 is 0 Å². The summed E-state index contributed by atoms with van der Waals surface area (Å²) in [5.74, 6) is 0.247. The third-order valence-corrected chi connectivity index (χ3v) is 5.08. The van der Waals surface area contributed by atoms with Gasteiger partial charge in [-0.2, -0.15) is 18.3 Å². The Balaban J connectivity index is 1.53. The number of thioether (sulfide) groups is 1. The summed E-state index contributed by atoms with van der Waals surface area (Å²) in [5, 5.41) is 4.50. The molecule has 0 aliphatic rings. The van der Waals surface area contributed by atoms with Crippen LogP contribution in [0.2, 0.25) is 0 Å². The SMILES string of the molecule is Cc1cc(C)nc(SCc2ccc(C(=O)NN=Cc3ccc(C(F)(F)F)cc3)cc2)n1. The Kier molecular flexibility index (Phi) is 7.06. The Morgan fingerprint density at radius 3 is 2.23 bits per heavy atom. The maximum atomic E-state index is 12.6. The van der Waals surface area contributed by atoms with Gasteiger partial charge in [0, 0.05) is 22.7 Å². The van der Waals surface area contributed by atoms with Gasteiger partial charge in [0.15, 0.2) is 5.16 Å². The Morgan fingerprint density at radius 1 is 1.03 bits per heavy atom. The average Bonchev–Trinajstić information content (AvgIpc) is 2.71. The zero-order valence-electron chi connectivity index (χ0n) is 16.8. The molecule has 5 nitrogen and oxygen atoms in total. The number of nitrogens with zero attached hydrogens (tertiary/aromatic N) is 3. The molecular formula is C22H19F3N4OS. The van der Waals surface area contributed by atoms with Gasteiger partial charge in [-0.05, 0) is 55.3 Å². The lowest BCUT2D eigenvalue weighted by Crippen LogP contribution is -2.17. The van der Waals surface area contributed by atoms with E-state index in [9.17, 15) is 18.0 Å². The minimum absolute atomic E-state index is 0.417. The zero-order valence-corrected chi connectivity index (χ0v) is 17.6. The maximum Gasteiger partial charge on any atom is 0.416 e. The number of hydrogen-bond acceptors (Lipinski definition) is 5. The number of benzene rings is 2. The number of carbonyl (C=O) groups excluding carboxylic acids is 1. The monoisotopic (exact) mass is 444 g/mol. The second kappa shape index (κ2) is 9.74. The predicted octanol–water partition coefficient (Wildman–Crippen LogP) is 5.17. The minimum atomic E-state index is -4.39. The fourth-order valence-electron chi connectivity index (χ4n) is 2.65. The predicted molar refractivity (Wildman–Crippen MR) is 114 cm³/mol. The molecule has 1 N–H and O–H groups in total. The first-order valence-corrected chi connectivity index (χ1v) is 10.2. The third kappa shape index (κ3) is 6.65. The van der Waals surface area contributed by atoms with Crippen LogP contribution in [0.5, 0.6) is 0 Å². The molecule has 0 saturated heterocycles. The summed E-state index contributed by atoms with van der Waals surface area (Å²) in [4.78, 5) is 21.0. The zero-order chi connectivity index (χ0) is 22.4. The van der Waals surface area contributed by atoms with E-state index in [1.54, 1.807) is 12.1 Å². The number of aryl methyl sites for hydroxylation is 2. The van der Waals surface area contributed by atoms with Crippen LogP contribution in [0.4, 0.5) is 13.2 Å². The lowest BCUT2D eigenvalue weighted by atomic mass is 10.1. The van der Waals surface area contributed by atoms with Crippen LogP contribution in [0.3, 0.4) is 0 Å². The quantitative estimate of drug-likeness (QED) is 0.247. The molecule has 1 heterocycles. The van der Waals surface area contributed by atoms with Crippen LogP contribution in [0.15, 0.2) is 64.9 Å². The van der Waals surface area contributed by atoms with E-state index < -0.39 is 17.6 Å². The van der Waals surface area contributed by atoms with Gasteiger partial charge >= 0.3 is 6.18 Å². The van der Waals surface area contributed by atoms with Gasteiger partial charge in [0.1, 0.15) is 0 Å². The molecule has 9 heteroatoms. The summed E-state index contributed by atoms with van der Waals surface area (Å²) in [6.45, 7) is 3.85. The number of hydrogen-bond donors (Lipinski definition) is 1. The topological polar surface area (TPSA) is 67.2 Å². The van der Waals surface area contributed by atoms with Crippen LogP contribution < -0.4 is 5.43 Å². The first-order valence-electron chi connectivity index (χ1n) is 9.25. The van der Waals surface area contributed by atoms with Crippen LogP contribution in [-0.2, 0) is 11.9 Å². The lowest BCUT2D eigenvalue weighted by molar-refractivity contribution is -0.137. The number of aromatic nitrogens is 2. The van der Waals surface area contributed by atoms with Gasteiger partial charge in [0.2, 0.25) is 0 Å². The molecule has 0 aliphatic heterocycles. The number of hydrazone groups is 1. The number of carbonyl (C=O) groups is 1. The molecule has 0 aliphatic carbocycles. The molecule has 31 heavy (non-hydrogen) atoms. The van der Waals surface area contributed by atoms with Crippen LogP contribution in [0.25, 0.3) is 0 Å². The molecule has 0 bridgehead atoms. The minimum Gasteiger partial charge on any atom is -0.267 e. The van der Waals surface area contributed by atoms with Crippen molar-refractivity contribution in [2.45, 2.75) is 30.9 Å². The molecule has 0 fully saturated rings. The van der Waals surface area contributed by atoms with E-state index in [0.29, 0.717) is 22.0 Å². The fourth-order valence-corrected chi connectivity index (χ4v) is 3.55. The number of alkyl halides is 3. The van der Waals surface area contributed by atoms with Crippen molar-refractivity contribution in [2.75, 3.05) is 0 Å². The van der Waals surface area contributed by atoms with Crippen LogP contribution >= 0.6 is 11.8 Å². The second-order valence-corrected chi connectivity index (χ2v) is 7.68. The van der Waals surface area contributed by atoms with E-state index >= 15 is 0 Å². The molecule has 0 saturated carbocycles. The highest BCUT2D eigenvalue weighted by Gasteiger charge is 2.29. The van der Waals surface area contributed by atoms with Crippen molar-refractivity contribution in [3.05, 3.63) is 88.2 Å². The van der Waals surface area contributed by atoms with Crippen molar-refractivity contribution in [3.63, 3.8) is 0 Å². The normalized spacial score (nSPS) is 11.6. The molecule has 1 amide bonds. The second-order valence-electron chi connectivity index (χ2n) is 6.74. The van der Waals surface area contributed by atoms with E-state index in [1.807, 2.05) is 32.0 Å². The van der Waals surface area contributed by atoms with Gasteiger partial charge in [-0.3, -0.25) is 4.79 Å². The van der Waals surface area contributed by atoms with Crippen molar-refractivity contribution in [1.29, 1.82) is 0 Å². The first-order chi connectivity index (χ1) is 14.7. The molecule has 1 aromatic heterocycles. The van der Waals surface area contributed by atoms with Crippen molar-refractivity contribution < 1.29 is 18.0 Å². The lowest BCUT2D eigenvalue weighted by Gasteiger charge is -2.06. The fraction of sp³-hybridized carbons (Fsp3) is 0.182. The highest BCUT2D eigenvalue weighted by Crippen LogP contribution is 2.28. The van der Waals surface area contributed by atoms with Gasteiger partial charge in [-0.15, -0.1) is 0 Å². The van der Waals surface area contributed by atoms with Gasteiger partial charge in [0.25, 0.3) is 5.91 Å². The van der Waals surface area contributed by atoms with E-state index in [2.05, 4.69) is 20.5 Å². The highest BCUT2D eigenvalue weighted by atomic mass is 32.2. The third-order valence-electron chi connectivity index (χ3n) is 4.16. The summed E-state index contributed by atoms with van der Waals surface area (Å²) in [6.07, 6.45) is -3.10. The standard InChI is InChI=1S/C22H19F3N4OS/c1-14-11-15(2)28-21(27-14)31-13-17-3-7-18(8-4-17)20(30)29-26-12-16-5-9-19(10-6-16)22(23,24)25/h3-12H,13H2,1-2H3,(H,29,30). The van der Waals surface area contributed by atoms with Crippen LogP contribution in [0.1, 0.15) is 38.4 Å². The van der Waals surface area contributed by atoms with E-state index in [-0.39, 0.29) is 0 Å². The number of nitrogens with one attached hydrogen (secondary N) is 1. The van der Waals surface area contributed by atoms with E-state index in [4.69, 9.17) is 0 Å². The average molecular weight is 444 g/mol. The van der Waals surface area contributed by atoms with Crippen molar-refractivity contribution in [3.8, 4) is 0 Å². The number of rotatable bonds is 6. The summed E-state index contributed by atoms with van der Waals surface area (Å²) in [7, 11) is 0. The van der Waals surface area contributed by atoms with Gasteiger partial charge in [-0.1, -0.05) is 36.0 Å². The van der Waals surface area contributed by atoms with Crippen molar-refractivity contribution >= 4 is 23.9 Å². The summed E-state index contributed by atoms with van der Waals surface area (Å²) in [6, 6.07) is 13.4. The summed E-state index contributed by atoms with van der Waals surface area (Å²) >= 11 is 1.51. The van der Waals surface area contributed by atoms with Gasteiger partial charge in [0.05, 0.1) is 11.8 Å². The molecule has 0 atom stereocenters. The Hall–Kier alpha value is -3.20. The number of halogens is 3. The smallest absolute Gasteiger partial charge is 0.267 e. The van der Waals surface area contributed by atoms with Gasteiger partial charge in [-0.25, -0.2) is 15.4 Å². The molecule has 3 aromatic rings. The first kappa shape index (κ1) is 22.5. The molecule has 0 spiro atoms. The van der Waals surface area contributed by atoms with E-state index in [1.165, 1.54) is 30.1 Å². The highest BCUT2D eigenvalue weighted by molar-refractivity contribution is 7.98. The summed E-state index contributed by atoms with van der Waals surface area (Å²) < 4.78 is 37.7. The van der Waals surface area contributed by atoms with Crippen molar-refractivity contribution in [1.82, 2.24) is 15.4 Å². The molecular weight excluding hydrogens is 425 g/mol.